The average Bonchev–Trinajstić information content (AvgIpc) is 3.56. The molecule has 1 aromatic heterocycles. The number of β-amino-alcohol motifs (C(OH)–C–C–N with tert-alkyl or cyclic N) is 1. The zero-order valence-corrected chi connectivity index (χ0v) is 20.7. The summed E-state index contributed by atoms with van der Waals surface area (Å²) in [5.41, 5.74) is 4.64. The number of benzene rings is 2. The largest absolute Gasteiger partial charge is 0.392 e. The number of carbonyl (C=O) groups is 2. The van der Waals surface area contributed by atoms with E-state index < -0.39 is 0 Å². The Morgan fingerprint density at radius 3 is 2.89 bits per heavy atom. The highest BCUT2D eigenvalue weighted by Gasteiger charge is 2.29. The highest BCUT2D eigenvalue weighted by molar-refractivity contribution is 7.14. The lowest BCUT2D eigenvalue weighted by molar-refractivity contribution is -0.131. The Hall–Kier alpha value is -3.14. The Kier molecular flexibility index (Phi) is 6.64. The van der Waals surface area contributed by atoms with Gasteiger partial charge in [0.05, 0.1) is 25.0 Å². The van der Waals surface area contributed by atoms with E-state index in [1.165, 1.54) is 0 Å². The number of likely N-dealkylation sites (N-methyl/N-ethyl adjacent to an activating group) is 1. The van der Waals surface area contributed by atoms with Gasteiger partial charge in [0, 0.05) is 37.9 Å². The molecule has 0 radical (unpaired) electrons. The van der Waals surface area contributed by atoms with Crippen molar-refractivity contribution in [2.75, 3.05) is 32.0 Å². The number of carbonyl (C=O) groups excluding carboxylic acids is 2. The molecule has 9 heteroatoms. The fourth-order valence-electron chi connectivity index (χ4n) is 4.81. The van der Waals surface area contributed by atoms with Gasteiger partial charge in [-0.2, -0.15) is 0 Å². The maximum Gasteiger partial charge on any atom is 0.228 e. The summed E-state index contributed by atoms with van der Waals surface area (Å²) >= 11 is 1.54. The van der Waals surface area contributed by atoms with E-state index >= 15 is 0 Å². The van der Waals surface area contributed by atoms with Crippen LogP contribution in [0.25, 0.3) is 10.6 Å². The van der Waals surface area contributed by atoms with Crippen LogP contribution in [0.3, 0.4) is 0 Å². The molecule has 182 valence electrons. The van der Waals surface area contributed by atoms with Gasteiger partial charge in [0.1, 0.15) is 10.0 Å². The van der Waals surface area contributed by atoms with Gasteiger partial charge >= 0.3 is 0 Å². The standard InChI is InChI=1S/C26H29N5O3S/c1-16-28-29-26(35-16)20-5-3-4-19(12-20)23(15-31-9-8-21(32)14-31)30(2)25(34)11-17-6-7-18-13-24(33)27-22(18)10-17/h3-7,10,12,21,23,32H,8-9,11,13-15H2,1-2H3,(H,27,33)/t21-,23?/m0/s1. The summed E-state index contributed by atoms with van der Waals surface area (Å²) in [5.74, 6) is -0.0184. The summed E-state index contributed by atoms with van der Waals surface area (Å²) in [6.45, 7) is 3.99. The van der Waals surface area contributed by atoms with Crippen LogP contribution in [-0.2, 0) is 22.4 Å². The molecule has 3 heterocycles. The fraction of sp³-hybridized carbons (Fsp3) is 0.385. The Morgan fingerprint density at radius 1 is 1.29 bits per heavy atom. The van der Waals surface area contributed by atoms with E-state index in [1.807, 2.05) is 50.4 Å². The van der Waals surface area contributed by atoms with Crippen molar-refractivity contribution in [2.24, 2.45) is 0 Å². The molecule has 8 nitrogen and oxygen atoms in total. The predicted octanol–water partition coefficient (Wildman–Crippen LogP) is 2.82. The van der Waals surface area contributed by atoms with E-state index in [0.29, 0.717) is 19.5 Å². The van der Waals surface area contributed by atoms with Crippen molar-refractivity contribution >= 4 is 28.8 Å². The van der Waals surface area contributed by atoms with Crippen molar-refractivity contribution < 1.29 is 14.7 Å². The molecule has 0 spiro atoms. The molecule has 1 unspecified atom stereocenters. The SMILES string of the molecule is Cc1nnc(-c2cccc(C(CN3CC[C@H](O)C3)N(C)C(=O)Cc3ccc4c(c3)NC(=O)C4)c2)s1. The lowest BCUT2D eigenvalue weighted by Gasteiger charge is -2.32. The number of aromatic nitrogens is 2. The number of hydrogen-bond donors (Lipinski definition) is 2. The Morgan fingerprint density at radius 2 is 2.14 bits per heavy atom. The summed E-state index contributed by atoms with van der Waals surface area (Å²) in [6.07, 6.45) is 1.05. The lowest BCUT2D eigenvalue weighted by Crippen LogP contribution is -2.39. The normalized spacial score (nSPS) is 18.4. The van der Waals surface area contributed by atoms with Crippen molar-refractivity contribution in [1.82, 2.24) is 20.0 Å². The van der Waals surface area contributed by atoms with Gasteiger partial charge in [-0.3, -0.25) is 14.5 Å². The van der Waals surface area contributed by atoms with E-state index in [4.69, 9.17) is 0 Å². The van der Waals surface area contributed by atoms with Gasteiger partial charge in [-0.25, -0.2) is 0 Å². The van der Waals surface area contributed by atoms with Crippen molar-refractivity contribution in [3.05, 3.63) is 64.2 Å². The van der Waals surface area contributed by atoms with Crippen molar-refractivity contribution in [1.29, 1.82) is 0 Å². The highest BCUT2D eigenvalue weighted by atomic mass is 32.1. The molecule has 2 aliphatic heterocycles. The molecule has 0 aliphatic carbocycles. The molecule has 0 saturated carbocycles. The van der Waals surface area contributed by atoms with Gasteiger partial charge in [-0.15, -0.1) is 10.2 Å². The van der Waals surface area contributed by atoms with E-state index in [0.717, 1.165) is 50.9 Å². The zero-order chi connectivity index (χ0) is 24.5. The number of aliphatic hydroxyl groups is 1. The van der Waals surface area contributed by atoms with Gasteiger partial charge in [-0.05, 0) is 42.2 Å². The topological polar surface area (TPSA) is 98.7 Å². The molecular formula is C26H29N5O3S. The average molecular weight is 492 g/mol. The first kappa shape index (κ1) is 23.6. The van der Waals surface area contributed by atoms with Crippen LogP contribution in [0, 0.1) is 6.92 Å². The van der Waals surface area contributed by atoms with Gasteiger partial charge in [0.2, 0.25) is 11.8 Å². The molecule has 1 saturated heterocycles. The van der Waals surface area contributed by atoms with Crippen LogP contribution in [0.2, 0.25) is 0 Å². The first-order valence-electron chi connectivity index (χ1n) is 11.8. The van der Waals surface area contributed by atoms with E-state index in [2.05, 4.69) is 26.5 Å². The maximum absolute atomic E-state index is 13.4. The molecule has 3 aromatic rings. The number of rotatable bonds is 7. The molecule has 2 N–H and O–H groups in total. The molecule has 35 heavy (non-hydrogen) atoms. The van der Waals surface area contributed by atoms with Crippen LogP contribution in [0.4, 0.5) is 5.69 Å². The first-order valence-corrected chi connectivity index (χ1v) is 12.7. The molecule has 2 atom stereocenters. The van der Waals surface area contributed by atoms with Crippen LogP contribution >= 0.6 is 11.3 Å². The van der Waals surface area contributed by atoms with Gasteiger partial charge in [0.25, 0.3) is 0 Å². The summed E-state index contributed by atoms with van der Waals surface area (Å²) in [5, 5.41) is 23.1. The zero-order valence-electron chi connectivity index (χ0n) is 19.9. The second kappa shape index (κ2) is 9.85. The maximum atomic E-state index is 13.4. The molecular weight excluding hydrogens is 462 g/mol. The lowest BCUT2D eigenvalue weighted by atomic mass is 10.0. The summed E-state index contributed by atoms with van der Waals surface area (Å²) in [4.78, 5) is 29.1. The summed E-state index contributed by atoms with van der Waals surface area (Å²) < 4.78 is 0. The van der Waals surface area contributed by atoms with Gasteiger partial charge < -0.3 is 15.3 Å². The number of aryl methyl sites for hydroxylation is 1. The van der Waals surface area contributed by atoms with Crippen molar-refractivity contribution in [3.8, 4) is 10.6 Å². The van der Waals surface area contributed by atoms with Crippen LogP contribution in [0.5, 0.6) is 0 Å². The fourth-order valence-corrected chi connectivity index (χ4v) is 5.50. The van der Waals surface area contributed by atoms with E-state index in [9.17, 15) is 14.7 Å². The molecule has 0 bridgehead atoms. The minimum atomic E-state index is -0.325. The minimum absolute atomic E-state index is 0.00354. The van der Waals surface area contributed by atoms with Crippen LogP contribution < -0.4 is 5.32 Å². The number of fused-ring (bicyclic) bond motifs is 1. The number of nitrogens with zero attached hydrogens (tertiary/aromatic N) is 4. The highest BCUT2D eigenvalue weighted by Crippen LogP contribution is 2.30. The molecule has 2 aromatic carbocycles. The Bertz CT molecular complexity index is 1260. The number of likely N-dealkylation sites (tertiary alicyclic amines) is 1. The van der Waals surface area contributed by atoms with Crippen LogP contribution in [0.15, 0.2) is 42.5 Å². The molecule has 5 rings (SSSR count). The number of aliphatic hydroxyl groups excluding tert-OH is 1. The summed E-state index contributed by atoms with van der Waals surface area (Å²) in [6, 6.07) is 13.7. The third-order valence-corrected chi connectivity index (χ3v) is 7.63. The Balaban J connectivity index is 1.39. The van der Waals surface area contributed by atoms with Crippen LogP contribution in [0.1, 0.15) is 34.2 Å². The summed E-state index contributed by atoms with van der Waals surface area (Å²) in [7, 11) is 1.84. The molecule has 1 fully saturated rings. The van der Waals surface area contributed by atoms with Crippen LogP contribution in [-0.4, -0.2) is 69.7 Å². The number of anilines is 1. The predicted molar refractivity (Wildman–Crippen MR) is 135 cm³/mol. The third-order valence-electron chi connectivity index (χ3n) is 6.74. The smallest absolute Gasteiger partial charge is 0.228 e. The monoisotopic (exact) mass is 491 g/mol. The van der Waals surface area contributed by atoms with Crippen molar-refractivity contribution in [3.63, 3.8) is 0 Å². The minimum Gasteiger partial charge on any atom is -0.392 e. The number of amides is 2. The van der Waals surface area contributed by atoms with Gasteiger partial charge in [-0.1, -0.05) is 41.7 Å². The Labute approximate surface area is 208 Å². The second-order valence-corrected chi connectivity index (χ2v) is 10.5. The molecule has 2 aliphatic rings. The van der Waals surface area contributed by atoms with E-state index in [-0.39, 0.29) is 30.4 Å². The first-order chi connectivity index (χ1) is 16.9. The number of hydrogen-bond acceptors (Lipinski definition) is 7. The molecule has 2 amide bonds. The van der Waals surface area contributed by atoms with Crippen molar-refractivity contribution in [2.45, 2.75) is 38.3 Å². The van der Waals surface area contributed by atoms with Gasteiger partial charge in [0.15, 0.2) is 0 Å². The second-order valence-electron chi connectivity index (χ2n) is 9.37. The quantitative estimate of drug-likeness (QED) is 0.527. The third kappa shape index (κ3) is 5.27. The number of nitrogens with one attached hydrogen (secondary N) is 1. The van der Waals surface area contributed by atoms with E-state index in [1.54, 1.807) is 16.2 Å².